The number of hydrogen-bond acceptors (Lipinski definition) is 4. The van der Waals surface area contributed by atoms with Gasteiger partial charge in [0.1, 0.15) is 6.04 Å². The number of nitrogens with one attached hydrogen (secondary N) is 1. The highest BCUT2D eigenvalue weighted by Gasteiger charge is 2.43. The second-order valence-electron chi connectivity index (χ2n) is 4.18. The molecule has 0 aliphatic carbocycles. The van der Waals surface area contributed by atoms with Crippen molar-refractivity contribution in [1.82, 2.24) is 10.2 Å². The van der Waals surface area contributed by atoms with E-state index in [1.807, 2.05) is 0 Å². The third kappa shape index (κ3) is 1.89. The van der Waals surface area contributed by atoms with Gasteiger partial charge >= 0.3 is 5.97 Å². The van der Waals surface area contributed by atoms with Crippen molar-refractivity contribution in [2.45, 2.75) is 23.8 Å². The molecule has 2 fully saturated rings. The first-order valence-corrected chi connectivity index (χ1v) is 5.93. The zero-order chi connectivity index (χ0) is 10.2. The number of aliphatic carboxylic acids is 1. The Morgan fingerprint density at radius 1 is 1.71 bits per heavy atom. The lowest BCUT2D eigenvalue weighted by Gasteiger charge is -2.38. The molecule has 80 valence electrons. The van der Waals surface area contributed by atoms with Crippen molar-refractivity contribution < 1.29 is 9.90 Å². The van der Waals surface area contributed by atoms with Gasteiger partial charge in [-0.05, 0) is 26.4 Å². The van der Waals surface area contributed by atoms with Gasteiger partial charge in [0.25, 0.3) is 0 Å². The first-order valence-electron chi connectivity index (χ1n) is 4.94. The molecule has 4 nitrogen and oxygen atoms in total. The number of thioether (sulfide) groups is 1. The number of carboxylic acid groups (broad SMARTS) is 1. The molecule has 2 saturated heterocycles. The molecule has 2 aliphatic rings. The third-order valence-corrected chi connectivity index (χ3v) is 4.41. The fourth-order valence-corrected chi connectivity index (χ4v) is 3.78. The van der Waals surface area contributed by atoms with Crippen LogP contribution < -0.4 is 5.32 Å². The molecule has 1 unspecified atom stereocenters. The summed E-state index contributed by atoms with van der Waals surface area (Å²) in [4.78, 5) is 13.1. The average Bonchev–Trinajstić information content (AvgIpc) is 2.49. The standard InChI is InChI=1S/C9H16N2O2S/c1-11-4-2-3-9(6-11)10-7(5-14-9)8(12)13/h7,10H,2-6H2,1H3,(H,12,13)/t7-,9?/m0/s1. The van der Waals surface area contributed by atoms with E-state index in [1.54, 1.807) is 11.8 Å². The normalized spacial score (nSPS) is 39.1. The Morgan fingerprint density at radius 3 is 3.07 bits per heavy atom. The number of rotatable bonds is 1. The number of carbonyl (C=O) groups is 1. The average molecular weight is 216 g/mol. The van der Waals surface area contributed by atoms with E-state index in [1.165, 1.54) is 0 Å². The maximum Gasteiger partial charge on any atom is 0.321 e. The molecular weight excluding hydrogens is 200 g/mol. The van der Waals surface area contributed by atoms with Crippen molar-refractivity contribution >= 4 is 17.7 Å². The summed E-state index contributed by atoms with van der Waals surface area (Å²) in [5, 5.41) is 12.2. The van der Waals surface area contributed by atoms with E-state index in [0.717, 1.165) is 25.9 Å². The molecule has 0 amide bonds. The molecule has 5 heteroatoms. The number of carboxylic acids is 1. The summed E-state index contributed by atoms with van der Waals surface area (Å²) in [7, 11) is 2.09. The van der Waals surface area contributed by atoms with Gasteiger partial charge in [-0.3, -0.25) is 10.1 Å². The van der Waals surface area contributed by atoms with E-state index in [0.29, 0.717) is 5.75 Å². The van der Waals surface area contributed by atoms with Crippen molar-refractivity contribution in [3.8, 4) is 0 Å². The van der Waals surface area contributed by atoms with E-state index in [2.05, 4.69) is 17.3 Å². The molecule has 1 spiro atoms. The van der Waals surface area contributed by atoms with Gasteiger partial charge in [-0.25, -0.2) is 0 Å². The van der Waals surface area contributed by atoms with Crippen LogP contribution in [0.5, 0.6) is 0 Å². The van der Waals surface area contributed by atoms with Gasteiger partial charge in [-0.1, -0.05) is 0 Å². The summed E-state index contributed by atoms with van der Waals surface area (Å²) >= 11 is 1.77. The van der Waals surface area contributed by atoms with Crippen molar-refractivity contribution in [1.29, 1.82) is 0 Å². The molecule has 14 heavy (non-hydrogen) atoms. The molecule has 0 aromatic rings. The number of likely N-dealkylation sites (N-methyl/N-ethyl adjacent to an activating group) is 1. The molecule has 2 heterocycles. The Hall–Kier alpha value is -0.260. The van der Waals surface area contributed by atoms with Gasteiger partial charge in [0.05, 0.1) is 4.87 Å². The maximum absolute atomic E-state index is 10.8. The SMILES string of the molecule is CN1CCCC2(C1)N[C@H](C(=O)O)CS2. The van der Waals surface area contributed by atoms with Crippen LogP contribution in [0.15, 0.2) is 0 Å². The van der Waals surface area contributed by atoms with E-state index >= 15 is 0 Å². The Bertz CT molecular complexity index is 249. The zero-order valence-corrected chi connectivity index (χ0v) is 9.14. The monoisotopic (exact) mass is 216 g/mol. The highest BCUT2D eigenvalue weighted by atomic mass is 32.2. The van der Waals surface area contributed by atoms with Gasteiger partial charge < -0.3 is 10.0 Å². The highest BCUT2D eigenvalue weighted by molar-refractivity contribution is 8.01. The quantitative estimate of drug-likeness (QED) is 0.656. The molecule has 0 bridgehead atoms. The Labute approximate surface area is 88.0 Å². The molecular formula is C9H16N2O2S. The fraction of sp³-hybridized carbons (Fsp3) is 0.889. The second-order valence-corrected chi connectivity index (χ2v) is 5.59. The van der Waals surface area contributed by atoms with Crippen molar-refractivity contribution in [2.75, 3.05) is 25.9 Å². The van der Waals surface area contributed by atoms with Crippen LogP contribution in [0, 0.1) is 0 Å². The van der Waals surface area contributed by atoms with Crippen molar-refractivity contribution in [3.05, 3.63) is 0 Å². The summed E-state index contributed by atoms with van der Waals surface area (Å²) in [6.45, 7) is 2.09. The lowest BCUT2D eigenvalue weighted by Crippen LogP contribution is -2.54. The van der Waals surface area contributed by atoms with Crippen LogP contribution in [-0.4, -0.2) is 52.8 Å². The van der Waals surface area contributed by atoms with Crippen molar-refractivity contribution in [2.24, 2.45) is 0 Å². The smallest absolute Gasteiger partial charge is 0.321 e. The summed E-state index contributed by atoms with van der Waals surface area (Å²) in [5.74, 6) is -0.0222. The van der Waals surface area contributed by atoms with Crippen LogP contribution in [0.4, 0.5) is 0 Å². The van der Waals surface area contributed by atoms with Gasteiger partial charge in [0, 0.05) is 12.3 Å². The van der Waals surface area contributed by atoms with Crippen LogP contribution in [0.2, 0.25) is 0 Å². The lowest BCUT2D eigenvalue weighted by molar-refractivity contribution is -0.139. The molecule has 2 rings (SSSR count). The lowest BCUT2D eigenvalue weighted by atomic mass is 10.0. The largest absolute Gasteiger partial charge is 0.480 e. The zero-order valence-electron chi connectivity index (χ0n) is 8.32. The first-order chi connectivity index (χ1) is 6.61. The molecule has 0 aromatic carbocycles. The van der Waals surface area contributed by atoms with Gasteiger partial charge in [0.2, 0.25) is 0 Å². The Morgan fingerprint density at radius 2 is 2.50 bits per heavy atom. The van der Waals surface area contributed by atoms with Crippen LogP contribution in [-0.2, 0) is 4.79 Å². The van der Waals surface area contributed by atoms with E-state index < -0.39 is 5.97 Å². The highest BCUT2D eigenvalue weighted by Crippen LogP contribution is 2.37. The molecule has 0 radical (unpaired) electrons. The van der Waals surface area contributed by atoms with E-state index in [-0.39, 0.29) is 10.9 Å². The summed E-state index contributed by atoms with van der Waals surface area (Å²) in [6, 6.07) is -0.355. The van der Waals surface area contributed by atoms with Gasteiger partial charge in [0.15, 0.2) is 0 Å². The molecule has 0 saturated carbocycles. The van der Waals surface area contributed by atoms with Crippen LogP contribution in [0.3, 0.4) is 0 Å². The number of likely N-dealkylation sites (tertiary alicyclic amines) is 1. The topological polar surface area (TPSA) is 52.6 Å². The van der Waals surface area contributed by atoms with Crippen LogP contribution in [0.25, 0.3) is 0 Å². The minimum absolute atomic E-state index is 0.00998. The molecule has 2 aliphatic heterocycles. The minimum atomic E-state index is -0.720. The third-order valence-electron chi connectivity index (χ3n) is 2.91. The first kappa shape index (κ1) is 10.3. The maximum atomic E-state index is 10.8. The number of nitrogens with zero attached hydrogens (tertiary/aromatic N) is 1. The number of piperidine rings is 1. The van der Waals surface area contributed by atoms with Gasteiger partial charge in [-0.15, -0.1) is 11.8 Å². The summed E-state index contributed by atoms with van der Waals surface area (Å²) in [6.07, 6.45) is 2.24. The Kier molecular flexibility index (Phi) is 2.72. The minimum Gasteiger partial charge on any atom is -0.480 e. The van der Waals surface area contributed by atoms with E-state index in [4.69, 9.17) is 5.11 Å². The Balaban J connectivity index is 2.01. The number of hydrogen-bond donors (Lipinski definition) is 2. The fourth-order valence-electron chi connectivity index (χ4n) is 2.24. The van der Waals surface area contributed by atoms with E-state index in [9.17, 15) is 4.79 Å². The predicted octanol–water partition coefficient (Wildman–Crippen LogP) is 0.198. The summed E-state index contributed by atoms with van der Waals surface area (Å²) in [5.41, 5.74) is 0. The van der Waals surface area contributed by atoms with Crippen molar-refractivity contribution in [3.63, 3.8) is 0 Å². The molecule has 2 atom stereocenters. The molecule has 0 aromatic heterocycles. The predicted molar refractivity (Wildman–Crippen MR) is 56.5 cm³/mol. The second kappa shape index (κ2) is 3.72. The molecule has 2 N–H and O–H groups in total. The summed E-state index contributed by atoms with van der Waals surface area (Å²) < 4.78 is 0. The van der Waals surface area contributed by atoms with Crippen LogP contribution in [0.1, 0.15) is 12.8 Å². The van der Waals surface area contributed by atoms with Crippen LogP contribution >= 0.6 is 11.8 Å². The van der Waals surface area contributed by atoms with Gasteiger partial charge in [-0.2, -0.15) is 0 Å².